The average molecular weight is 363 g/mol. The highest BCUT2D eigenvalue weighted by Crippen LogP contribution is 2.30. The van der Waals surface area contributed by atoms with Gasteiger partial charge in [0.15, 0.2) is 6.10 Å². The van der Waals surface area contributed by atoms with Gasteiger partial charge in [0, 0.05) is 31.8 Å². The second-order valence-corrected chi connectivity index (χ2v) is 6.57. The summed E-state index contributed by atoms with van der Waals surface area (Å²) in [4.78, 5) is 37.0. The SMILES string of the molecule is CCNC(=O)[C@H](C)OC(=O)c1cc([N+](=O)[O-])ccc1N1CCC(C)CC1. The number of nitro benzene ring substituents is 1. The van der Waals surface area contributed by atoms with Crippen LogP contribution in [0.4, 0.5) is 11.4 Å². The van der Waals surface area contributed by atoms with Gasteiger partial charge in [-0.15, -0.1) is 0 Å². The smallest absolute Gasteiger partial charge is 0.341 e. The lowest BCUT2D eigenvalue weighted by molar-refractivity contribution is -0.384. The van der Waals surface area contributed by atoms with E-state index in [2.05, 4.69) is 12.2 Å². The van der Waals surface area contributed by atoms with Crippen molar-refractivity contribution in [1.29, 1.82) is 0 Å². The number of carbonyl (C=O) groups excluding carboxylic acids is 2. The Balaban J connectivity index is 2.28. The van der Waals surface area contributed by atoms with Crippen molar-refractivity contribution in [2.75, 3.05) is 24.5 Å². The fourth-order valence-electron chi connectivity index (χ4n) is 2.92. The summed E-state index contributed by atoms with van der Waals surface area (Å²) < 4.78 is 5.24. The number of amides is 1. The van der Waals surface area contributed by atoms with Crippen LogP contribution in [-0.4, -0.2) is 42.5 Å². The third kappa shape index (κ3) is 4.71. The van der Waals surface area contributed by atoms with Gasteiger partial charge in [-0.05, 0) is 38.7 Å². The number of ether oxygens (including phenoxy) is 1. The van der Waals surface area contributed by atoms with E-state index in [1.807, 2.05) is 4.90 Å². The molecule has 1 aromatic rings. The summed E-state index contributed by atoms with van der Waals surface area (Å²) in [5.41, 5.74) is 0.539. The minimum absolute atomic E-state index is 0.116. The molecule has 0 bridgehead atoms. The number of esters is 1. The van der Waals surface area contributed by atoms with Gasteiger partial charge in [-0.1, -0.05) is 6.92 Å². The quantitative estimate of drug-likeness (QED) is 0.473. The summed E-state index contributed by atoms with van der Waals surface area (Å²) >= 11 is 0. The van der Waals surface area contributed by atoms with Crippen LogP contribution in [0.15, 0.2) is 18.2 Å². The molecular formula is C18H25N3O5. The lowest BCUT2D eigenvalue weighted by atomic mass is 9.98. The summed E-state index contributed by atoms with van der Waals surface area (Å²) in [7, 11) is 0. The summed E-state index contributed by atoms with van der Waals surface area (Å²) in [6.07, 6.45) is 0.998. The van der Waals surface area contributed by atoms with E-state index in [1.54, 1.807) is 13.0 Å². The highest BCUT2D eigenvalue weighted by Gasteiger charge is 2.26. The first-order valence-electron chi connectivity index (χ1n) is 8.85. The van der Waals surface area contributed by atoms with Crippen LogP contribution < -0.4 is 10.2 Å². The predicted molar refractivity (Wildman–Crippen MR) is 97.3 cm³/mol. The van der Waals surface area contributed by atoms with Gasteiger partial charge < -0.3 is 15.0 Å². The molecule has 1 aliphatic rings. The fraction of sp³-hybridized carbons (Fsp3) is 0.556. The van der Waals surface area contributed by atoms with Gasteiger partial charge >= 0.3 is 5.97 Å². The van der Waals surface area contributed by atoms with Gasteiger partial charge in [-0.25, -0.2) is 4.79 Å². The number of nitro groups is 1. The zero-order valence-corrected chi connectivity index (χ0v) is 15.4. The summed E-state index contributed by atoms with van der Waals surface area (Å²) in [6.45, 7) is 7.38. The minimum Gasteiger partial charge on any atom is -0.449 e. The molecule has 1 saturated heterocycles. The maximum absolute atomic E-state index is 12.6. The minimum atomic E-state index is -0.976. The largest absolute Gasteiger partial charge is 0.449 e. The van der Waals surface area contributed by atoms with E-state index in [1.165, 1.54) is 19.1 Å². The molecule has 0 radical (unpaired) electrons. The van der Waals surface area contributed by atoms with E-state index in [0.717, 1.165) is 25.9 Å². The number of rotatable bonds is 6. The second kappa shape index (κ2) is 8.64. The van der Waals surface area contributed by atoms with Crippen LogP contribution in [0.25, 0.3) is 0 Å². The number of benzene rings is 1. The Morgan fingerprint density at radius 1 is 1.38 bits per heavy atom. The number of likely N-dealkylation sites (N-methyl/N-ethyl adjacent to an activating group) is 1. The first kappa shape index (κ1) is 19.7. The molecular weight excluding hydrogens is 338 g/mol. The maximum atomic E-state index is 12.6. The lowest BCUT2D eigenvalue weighted by Crippen LogP contribution is -2.37. The molecule has 1 amide bonds. The van der Waals surface area contributed by atoms with Gasteiger partial charge in [0.25, 0.3) is 11.6 Å². The van der Waals surface area contributed by atoms with Crippen molar-refractivity contribution in [3.63, 3.8) is 0 Å². The third-order valence-corrected chi connectivity index (χ3v) is 4.54. The fourth-order valence-corrected chi connectivity index (χ4v) is 2.92. The zero-order valence-electron chi connectivity index (χ0n) is 15.4. The Labute approximate surface area is 152 Å². The van der Waals surface area contributed by atoms with Crippen molar-refractivity contribution < 1.29 is 19.2 Å². The van der Waals surface area contributed by atoms with Gasteiger partial charge in [0.05, 0.1) is 16.2 Å². The molecule has 26 heavy (non-hydrogen) atoms. The number of hydrogen-bond acceptors (Lipinski definition) is 6. The zero-order chi connectivity index (χ0) is 19.3. The van der Waals surface area contributed by atoms with E-state index in [9.17, 15) is 19.7 Å². The molecule has 1 aromatic carbocycles. The first-order valence-corrected chi connectivity index (χ1v) is 8.85. The van der Waals surface area contributed by atoms with Crippen LogP contribution in [0.5, 0.6) is 0 Å². The van der Waals surface area contributed by atoms with Crippen molar-refractivity contribution in [3.05, 3.63) is 33.9 Å². The molecule has 0 saturated carbocycles. The van der Waals surface area contributed by atoms with E-state index < -0.39 is 22.9 Å². The summed E-state index contributed by atoms with van der Waals surface area (Å²) in [5.74, 6) is -0.529. The van der Waals surface area contributed by atoms with Gasteiger partial charge in [-0.2, -0.15) is 0 Å². The Morgan fingerprint density at radius 2 is 2.04 bits per heavy atom. The van der Waals surface area contributed by atoms with Crippen LogP contribution in [0.3, 0.4) is 0 Å². The number of nitrogens with one attached hydrogen (secondary N) is 1. The number of non-ortho nitro benzene ring substituents is 1. The van der Waals surface area contributed by atoms with Crippen LogP contribution in [0.2, 0.25) is 0 Å². The van der Waals surface area contributed by atoms with E-state index in [-0.39, 0.29) is 11.3 Å². The molecule has 1 fully saturated rings. The Kier molecular flexibility index (Phi) is 6.54. The molecule has 8 nitrogen and oxygen atoms in total. The Hall–Kier alpha value is -2.64. The second-order valence-electron chi connectivity index (χ2n) is 6.57. The monoisotopic (exact) mass is 363 g/mol. The number of anilines is 1. The van der Waals surface area contributed by atoms with Crippen molar-refractivity contribution >= 4 is 23.3 Å². The molecule has 142 valence electrons. The molecule has 8 heteroatoms. The van der Waals surface area contributed by atoms with E-state index >= 15 is 0 Å². The maximum Gasteiger partial charge on any atom is 0.341 e. The molecule has 1 aliphatic heterocycles. The molecule has 1 heterocycles. The van der Waals surface area contributed by atoms with Crippen LogP contribution in [0.1, 0.15) is 44.0 Å². The highest BCUT2D eigenvalue weighted by molar-refractivity contribution is 5.98. The van der Waals surface area contributed by atoms with Crippen molar-refractivity contribution in [2.45, 2.75) is 39.7 Å². The van der Waals surface area contributed by atoms with Gasteiger partial charge in [0.2, 0.25) is 0 Å². The molecule has 1 N–H and O–H groups in total. The van der Waals surface area contributed by atoms with Gasteiger partial charge in [-0.3, -0.25) is 14.9 Å². The molecule has 0 aromatic heterocycles. The molecule has 0 unspecified atom stereocenters. The normalized spacial score (nSPS) is 16.0. The molecule has 0 spiro atoms. The third-order valence-electron chi connectivity index (χ3n) is 4.54. The average Bonchev–Trinajstić information content (AvgIpc) is 2.62. The van der Waals surface area contributed by atoms with Crippen LogP contribution in [0, 0.1) is 16.0 Å². The number of nitrogens with zero attached hydrogens (tertiary/aromatic N) is 2. The Bertz CT molecular complexity index is 683. The van der Waals surface area contributed by atoms with E-state index in [0.29, 0.717) is 18.2 Å². The van der Waals surface area contributed by atoms with Gasteiger partial charge in [0.1, 0.15) is 0 Å². The summed E-state index contributed by atoms with van der Waals surface area (Å²) in [5, 5.41) is 13.7. The summed E-state index contributed by atoms with van der Waals surface area (Å²) in [6, 6.07) is 4.19. The van der Waals surface area contributed by atoms with Crippen LogP contribution in [-0.2, 0) is 9.53 Å². The van der Waals surface area contributed by atoms with Crippen molar-refractivity contribution in [2.24, 2.45) is 5.92 Å². The highest BCUT2D eigenvalue weighted by atomic mass is 16.6. The molecule has 1 atom stereocenters. The van der Waals surface area contributed by atoms with Crippen molar-refractivity contribution in [3.8, 4) is 0 Å². The number of piperidine rings is 1. The first-order chi connectivity index (χ1) is 12.3. The van der Waals surface area contributed by atoms with Crippen LogP contribution >= 0.6 is 0 Å². The molecule has 2 rings (SSSR count). The standard InChI is InChI=1S/C18H25N3O5/c1-4-19-17(22)13(3)26-18(23)15-11-14(21(24)25)5-6-16(15)20-9-7-12(2)8-10-20/h5-6,11-13H,4,7-10H2,1-3H3,(H,19,22)/t13-/m0/s1. The van der Waals surface area contributed by atoms with Crippen molar-refractivity contribution in [1.82, 2.24) is 5.32 Å². The number of carbonyl (C=O) groups is 2. The lowest BCUT2D eigenvalue weighted by Gasteiger charge is -2.33. The van der Waals surface area contributed by atoms with E-state index in [4.69, 9.17) is 4.74 Å². The molecule has 0 aliphatic carbocycles. The predicted octanol–water partition coefficient (Wildman–Crippen LogP) is 2.51. The Morgan fingerprint density at radius 3 is 2.62 bits per heavy atom. The number of hydrogen-bond donors (Lipinski definition) is 1. The topological polar surface area (TPSA) is 102 Å².